The number of hydrogen-bond donors (Lipinski definition) is 1. The molecule has 0 bridgehead atoms. The van der Waals surface area contributed by atoms with Gasteiger partial charge in [-0.1, -0.05) is 58.0 Å². The molecule has 0 spiro atoms. The molecule has 6 heteroatoms. The van der Waals surface area contributed by atoms with Crippen molar-refractivity contribution in [3.63, 3.8) is 0 Å². The Kier molecular flexibility index (Phi) is 11.4. The number of likely N-dealkylation sites (N-methyl/N-ethyl adjacent to an activating group) is 1. The van der Waals surface area contributed by atoms with E-state index in [0.717, 1.165) is 47.8 Å². The van der Waals surface area contributed by atoms with Gasteiger partial charge in [-0.05, 0) is 107 Å². The van der Waals surface area contributed by atoms with E-state index in [1.807, 2.05) is 24.3 Å². The standard InChI is InChI=1S/C38H58N2O4/c1-10-40(24-28-16-17-28)34-27(2)38(8,9)33-22-30(18-19-32(33)35(34)41)39-23-31(42-25-29-14-12-11-13-15-29)26-44-37(6,7)20-21-43-36(3,4)5/h11-15,18-19,22,27-28,31,34,39H,10,16-17,20-21,23-26H2,1-9H3/t27-,31?,34?/m0/s1. The van der Waals surface area contributed by atoms with Gasteiger partial charge in [-0.3, -0.25) is 9.69 Å². The molecule has 6 nitrogen and oxygen atoms in total. The van der Waals surface area contributed by atoms with E-state index < -0.39 is 0 Å². The van der Waals surface area contributed by atoms with E-state index in [-0.39, 0.29) is 40.5 Å². The summed E-state index contributed by atoms with van der Waals surface area (Å²) in [6.45, 7) is 23.7. The van der Waals surface area contributed by atoms with Crippen molar-refractivity contribution in [2.24, 2.45) is 11.8 Å². The molecular formula is C38H58N2O4. The molecule has 0 radical (unpaired) electrons. The molecule has 0 amide bonds. The molecule has 2 aliphatic rings. The van der Waals surface area contributed by atoms with Gasteiger partial charge in [0, 0.05) is 30.9 Å². The lowest BCUT2D eigenvalue weighted by molar-refractivity contribution is -0.100. The monoisotopic (exact) mass is 606 g/mol. The first-order valence-corrected chi connectivity index (χ1v) is 16.8. The minimum atomic E-state index is -0.339. The Labute approximate surface area is 267 Å². The molecule has 2 aliphatic carbocycles. The van der Waals surface area contributed by atoms with E-state index in [0.29, 0.717) is 26.4 Å². The summed E-state index contributed by atoms with van der Waals surface area (Å²) in [6, 6.07) is 16.5. The van der Waals surface area contributed by atoms with E-state index in [9.17, 15) is 4.79 Å². The molecule has 0 heterocycles. The molecule has 2 unspecified atom stereocenters. The fourth-order valence-electron chi connectivity index (χ4n) is 6.16. The minimum Gasteiger partial charge on any atom is -0.382 e. The summed E-state index contributed by atoms with van der Waals surface area (Å²) in [5, 5.41) is 3.63. The number of rotatable bonds is 16. The summed E-state index contributed by atoms with van der Waals surface area (Å²) < 4.78 is 18.8. The van der Waals surface area contributed by atoms with Crippen LogP contribution in [0.25, 0.3) is 0 Å². The highest BCUT2D eigenvalue weighted by molar-refractivity contribution is 6.03. The second-order valence-corrected chi connectivity index (χ2v) is 15.2. The van der Waals surface area contributed by atoms with E-state index in [2.05, 4.69) is 96.8 Å². The SMILES string of the molecule is CCN(CC1CC1)C1C(=O)c2ccc(NCC(COC(C)(C)CCOC(C)(C)C)OCc3ccccc3)cc2C(C)(C)[C@H]1C. The molecule has 0 aromatic heterocycles. The lowest BCUT2D eigenvalue weighted by atomic mass is 9.63. The molecule has 4 rings (SSSR count). The Morgan fingerprint density at radius 3 is 2.36 bits per heavy atom. The zero-order valence-corrected chi connectivity index (χ0v) is 28.9. The summed E-state index contributed by atoms with van der Waals surface area (Å²) in [4.78, 5) is 16.4. The van der Waals surface area contributed by atoms with Crippen LogP contribution >= 0.6 is 0 Å². The summed E-state index contributed by atoms with van der Waals surface area (Å²) in [5.41, 5.74) is 3.51. The van der Waals surface area contributed by atoms with Gasteiger partial charge in [-0.15, -0.1) is 0 Å². The maximum Gasteiger partial charge on any atom is 0.180 e. The number of anilines is 1. The smallest absolute Gasteiger partial charge is 0.180 e. The molecular weight excluding hydrogens is 548 g/mol. The highest BCUT2D eigenvalue weighted by atomic mass is 16.5. The molecule has 1 saturated carbocycles. The number of nitrogens with zero attached hydrogens (tertiary/aromatic N) is 1. The van der Waals surface area contributed by atoms with E-state index >= 15 is 0 Å². The first kappa shape index (κ1) is 34.6. The van der Waals surface area contributed by atoms with Crippen LogP contribution in [0.5, 0.6) is 0 Å². The van der Waals surface area contributed by atoms with Crippen LogP contribution in [0.3, 0.4) is 0 Å². The van der Waals surface area contributed by atoms with Crippen LogP contribution in [0, 0.1) is 11.8 Å². The average Bonchev–Trinajstić information content (AvgIpc) is 3.79. The molecule has 244 valence electrons. The Morgan fingerprint density at radius 2 is 1.73 bits per heavy atom. The Morgan fingerprint density at radius 1 is 1.02 bits per heavy atom. The maximum absolute atomic E-state index is 13.9. The lowest BCUT2D eigenvalue weighted by Crippen LogP contribution is -2.55. The van der Waals surface area contributed by atoms with Gasteiger partial charge >= 0.3 is 0 Å². The topological polar surface area (TPSA) is 60.0 Å². The molecule has 2 aromatic carbocycles. The Hall–Kier alpha value is -2.25. The highest BCUT2D eigenvalue weighted by Gasteiger charge is 2.47. The van der Waals surface area contributed by atoms with Gasteiger partial charge in [-0.2, -0.15) is 0 Å². The zero-order chi connectivity index (χ0) is 32.1. The molecule has 44 heavy (non-hydrogen) atoms. The molecule has 2 aromatic rings. The maximum atomic E-state index is 13.9. The molecule has 1 N–H and O–H groups in total. The largest absolute Gasteiger partial charge is 0.382 e. The van der Waals surface area contributed by atoms with Gasteiger partial charge in [-0.25, -0.2) is 0 Å². The quantitative estimate of drug-likeness (QED) is 0.210. The van der Waals surface area contributed by atoms with Gasteiger partial charge in [0.2, 0.25) is 0 Å². The molecule has 3 atom stereocenters. The Bertz CT molecular complexity index is 1220. The Balaban J connectivity index is 1.45. The van der Waals surface area contributed by atoms with Crippen LogP contribution in [0.1, 0.15) is 103 Å². The van der Waals surface area contributed by atoms with E-state index in [1.54, 1.807) is 0 Å². The third-order valence-corrected chi connectivity index (χ3v) is 9.61. The first-order valence-electron chi connectivity index (χ1n) is 16.8. The van der Waals surface area contributed by atoms with Crippen LogP contribution in [-0.2, 0) is 26.2 Å². The summed E-state index contributed by atoms with van der Waals surface area (Å²) in [7, 11) is 0. The second kappa shape index (κ2) is 14.5. The van der Waals surface area contributed by atoms with Gasteiger partial charge in [0.1, 0.15) is 0 Å². The summed E-state index contributed by atoms with van der Waals surface area (Å²) in [6.07, 6.45) is 3.23. The first-order chi connectivity index (χ1) is 20.7. The number of carbonyl (C=O) groups is 1. The van der Waals surface area contributed by atoms with Crippen LogP contribution in [-0.4, -0.2) is 66.9 Å². The summed E-state index contributed by atoms with van der Waals surface area (Å²) in [5.74, 6) is 1.25. The number of benzene rings is 2. The average molecular weight is 607 g/mol. The van der Waals surface area contributed by atoms with Crippen molar-refractivity contribution in [2.45, 2.75) is 117 Å². The number of fused-ring (bicyclic) bond motifs is 1. The van der Waals surface area contributed by atoms with Crippen molar-refractivity contribution in [3.05, 3.63) is 65.2 Å². The molecule has 1 fully saturated rings. The fraction of sp³-hybridized carbons (Fsp3) is 0.658. The predicted octanol–water partition coefficient (Wildman–Crippen LogP) is 7.89. The lowest BCUT2D eigenvalue weighted by Gasteiger charge is -2.47. The number of nitrogens with one attached hydrogen (secondary N) is 1. The van der Waals surface area contributed by atoms with Gasteiger partial charge in [0.05, 0.1) is 36.6 Å². The van der Waals surface area contributed by atoms with Gasteiger partial charge in [0.15, 0.2) is 5.78 Å². The van der Waals surface area contributed by atoms with Crippen molar-refractivity contribution in [1.29, 1.82) is 0 Å². The summed E-state index contributed by atoms with van der Waals surface area (Å²) >= 11 is 0. The highest BCUT2D eigenvalue weighted by Crippen LogP contribution is 2.44. The number of ether oxygens (including phenoxy) is 3. The molecule has 0 aliphatic heterocycles. The van der Waals surface area contributed by atoms with Crippen molar-refractivity contribution >= 4 is 11.5 Å². The van der Waals surface area contributed by atoms with Crippen molar-refractivity contribution in [1.82, 2.24) is 4.90 Å². The normalized spacial score (nSPS) is 20.9. The van der Waals surface area contributed by atoms with Crippen molar-refractivity contribution in [2.75, 3.05) is 38.2 Å². The van der Waals surface area contributed by atoms with Crippen LogP contribution in [0.15, 0.2) is 48.5 Å². The second-order valence-electron chi connectivity index (χ2n) is 15.2. The number of ketones is 1. The van der Waals surface area contributed by atoms with E-state index in [1.165, 1.54) is 12.8 Å². The third-order valence-electron chi connectivity index (χ3n) is 9.61. The van der Waals surface area contributed by atoms with Crippen LogP contribution in [0.2, 0.25) is 0 Å². The van der Waals surface area contributed by atoms with Gasteiger partial charge in [0.25, 0.3) is 0 Å². The number of hydrogen-bond acceptors (Lipinski definition) is 6. The van der Waals surface area contributed by atoms with Crippen LogP contribution < -0.4 is 5.32 Å². The molecule has 0 saturated heterocycles. The minimum absolute atomic E-state index is 0.0630. The number of Topliss-reactive ketones (excluding diaryl/α,β-unsaturated/α-hetero) is 1. The zero-order valence-electron chi connectivity index (χ0n) is 28.9. The van der Waals surface area contributed by atoms with Crippen molar-refractivity contribution < 1.29 is 19.0 Å². The fourth-order valence-corrected chi connectivity index (χ4v) is 6.16. The predicted molar refractivity (Wildman–Crippen MR) is 181 cm³/mol. The third kappa shape index (κ3) is 9.38. The van der Waals surface area contributed by atoms with E-state index in [4.69, 9.17) is 14.2 Å². The number of carbonyl (C=O) groups excluding carboxylic acids is 1. The van der Waals surface area contributed by atoms with Crippen molar-refractivity contribution in [3.8, 4) is 0 Å². The van der Waals surface area contributed by atoms with Crippen LogP contribution in [0.4, 0.5) is 5.69 Å². The van der Waals surface area contributed by atoms with Gasteiger partial charge < -0.3 is 19.5 Å².